The van der Waals surface area contributed by atoms with Crippen molar-refractivity contribution in [1.29, 1.82) is 0 Å². The fourth-order valence-corrected chi connectivity index (χ4v) is 2.98. The van der Waals surface area contributed by atoms with Gasteiger partial charge in [0.25, 0.3) is 5.91 Å². The highest BCUT2D eigenvalue weighted by Gasteiger charge is 2.45. The van der Waals surface area contributed by atoms with Gasteiger partial charge in [-0.15, -0.1) is 0 Å². The van der Waals surface area contributed by atoms with Gasteiger partial charge in [0, 0.05) is 23.2 Å². The highest BCUT2D eigenvalue weighted by molar-refractivity contribution is 6.05. The molecule has 0 heterocycles. The number of carboxylic acids is 1. The van der Waals surface area contributed by atoms with E-state index in [0.717, 1.165) is 5.56 Å². The number of rotatable bonds is 6. The first-order valence-electron chi connectivity index (χ1n) is 8.31. The highest BCUT2D eigenvalue weighted by Crippen LogP contribution is 2.50. The number of aliphatic carboxylic acids is 1. The molecule has 8 heteroatoms. The maximum Gasteiger partial charge on any atom is 0.307 e. The van der Waals surface area contributed by atoms with Gasteiger partial charge in [-0.1, -0.05) is 12.1 Å². The second kappa shape index (κ2) is 7.36. The molecule has 0 bridgehead atoms. The number of carboxylic acid groups (broad SMARTS) is 1. The number of ether oxygens (including phenoxy) is 1. The number of carbonyl (C=O) groups is 2. The number of hydrogen-bond acceptors (Lipinski definition) is 4. The number of benzene rings is 2. The minimum atomic E-state index is -0.805. The lowest BCUT2D eigenvalue weighted by atomic mass is 10.1. The van der Waals surface area contributed by atoms with E-state index in [-0.39, 0.29) is 23.7 Å². The predicted molar refractivity (Wildman–Crippen MR) is 101 cm³/mol. The first-order valence-corrected chi connectivity index (χ1v) is 8.31. The first kappa shape index (κ1) is 18.2. The van der Waals surface area contributed by atoms with Crippen molar-refractivity contribution in [3.63, 3.8) is 0 Å². The molecule has 2 atom stereocenters. The summed E-state index contributed by atoms with van der Waals surface area (Å²) in [5.41, 5.74) is 13.0. The number of amides is 1. The van der Waals surface area contributed by atoms with Crippen LogP contribution in [0.15, 0.2) is 47.5 Å². The lowest BCUT2D eigenvalue weighted by Crippen LogP contribution is -2.21. The van der Waals surface area contributed by atoms with Crippen molar-refractivity contribution >= 4 is 29.2 Å². The minimum Gasteiger partial charge on any atom is -0.496 e. The van der Waals surface area contributed by atoms with Crippen molar-refractivity contribution < 1.29 is 19.4 Å². The Kier molecular flexibility index (Phi) is 4.98. The van der Waals surface area contributed by atoms with E-state index < -0.39 is 5.97 Å². The van der Waals surface area contributed by atoms with Crippen LogP contribution >= 0.6 is 0 Å². The molecule has 1 aliphatic rings. The van der Waals surface area contributed by atoms with Crippen LogP contribution in [0.3, 0.4) is 0 Å². The Hall–Kier alpha value is -3.55. The number of hydrogen-bond donors (Lipinski definition) is 4. The summed E-state index contributed by atoms with van der Waals surface area (Å²) in [7, 11) is 1.52. The van der Waals surface area contributed by atoms with Crippen LogP contribution in [0.5, 0.6) is 5.75 Å². The van der Waals surface area contributed by atoms with Gasteiger partial charge in [0.05, 0.1) is 18.7 Å². The standard InChI is InChI=1S/C19H20N4O4/c1-27-16-8-12(5-6-13(16)14-9-15(14)18(25)26)22-17(24)10-3-2-4-11(7-10)23-19(20)21/h2-8,14-15H,9H2,1H3,(H,22,24)(H,25,26)(H4,20,21,23). The monoisotopic (exact) mass is 368 g/mol. The maximum absolute atomic E-state index is 12.5. The summed E-state index contributed by atoms with van der Waals surface area (Å²) < 4.78 is 5.38. The molecule has 6 N–H and O–H groups in total. The molecule has 2 aromatic carbocycles. The number of guanidine groups is 1. The fourth-order valence-electron chi connectivity index (χ4n) is 2.98. The fraction of sp³-hybridized carbons (Fsp3) is 0.211. The van der Waals surface area contributed by atoms with Gasteiger partial charge in [-0.2, -0.15) is 0 Å². The second-order valence-electron chi connectivity index (χ2n) is 6.28. The molecule has 0 aliphatic heterocycles. The molecule has 3 rings (SSSR count). The quantitative estimate of drug-likeness (QED) is 0.454. The second-order valence-corrected chi connectivity index (χ2v) is 6.28. The third kappa shape index (κ3) is 4.17. The molecule has 1 saturated carbocycles. The number of aliphatic imine (C=N–C) groups is 1. The Morgan fingerprint density at radius 3 is 2.63 bits per heavy atom. The van der Waals surface area contributed by atoms with E-state index >= 15 is 0 Å². The summed E-state index contributed by atoms with van der Waals surface area (Å²) in [5, 5.41) is 11.9. The molecule has 27 heavy (non-hydrogen) atoms. The van der Waals surface area contributed by atoms with E-state index in [1.54, 1.807) is 42.5 Å². The summed E-state index contributed by atoms with van der Waals surface area (Å²) >= 11 is 0. The van der Waals surface area contributed by atoms with Gasteiger partial charge >= 0.3 is 5.97 Å². The van der Waals surface area contributed by atoms with E-state index in [2.05, 4.69) is 10.3 Å². The Bertz CT molecular complexity index is 922. The molecule has 1 aliphatic carbocycles. The summed E-state index contributed by atoms with van der Waals surface area (Å²) in [6, 6.07) is 11.8. The van der Waals surface area contributed by atoms with E-state index in [9.17, 15) is 9.59 Å². The largest absolute Gasteiger partial charge is 0.496 e. The van der Waals surface area contributed by atoms with Crippen LogP contribution in [0.1, 0.15) is 28.3 Å². The van der Waals surface area contributed by atoms with Crippen LogP contribution in [-0.2, 0) is 4.79 Å². The van der Waals surface area contributed by atoms with Crippen molar-refractivity contribution in [3.05, 3.63) is 53.6 Å². The third-order valence-corrected chi connectivity index (χ3v) is 4.36. The number of nitrogens with zero attached hydrogens (tertiary/aromatic N) is 1. The average molecular weight is 368 g/mol. The van der Waals surface area contributed by atoms with Gasteiger partial charge in [0.1, 0.15) is 5.75 Å². The minimum absolute atomic E-state index is 0.0570. The van der Waals surface area contributed by atoms with Gasteiger partial charge in [0.2, 0.25) is 0 Å². The average Bonchev–Trinajstić information content (AvgIpc) is 3.42. The van der Waals surface area contributed by atoms with Crippen LogP contribution < -0.4 is 21.5 Å². The number of anilines is 1. The number of methoxy groups -OCH3 is 1. The van der Waals surface area contributed by atoms with Gasteiger partial charge in [-0.05, 0) is 36.2 Å². The van der Waals surface area contributed by atoms with Crippen molar-refractivity contribution in [1.82, 2.24) is 0 Å². The molecule has 8 nitrogen and oxygen atoms in total. The van der Waals surface area contributed by atoms with Crippen LogP contribution in [0, 0.1) is 5.92 Å². The zero-order valence-electron chi connectivity index (χ0n) is 14.7. The van der Waals surface area contributed by atoms with E-state index in [4.69, 9.17) is 21.3 Å². The molecule has 0 saturated heterocycles. The van der Waals surface area contributed by atoms with Gasteiger partial charge in [-0.25, -0.2) is 4.99 Å². The van der Waals surface area contributed by atoms with E-state index in [1.165, 1.54) is 7.11 Å². The molecule has 2 unspecified atom stereocenters. The molecule has 2 aromatic rings. The van der Waals surface area contributed by atoms with Gasteiger partial charge in [0.15, 0.2) is 5.96 Å². The normalized spacial score (nSPS) is 17.7. The Balaban J connectivity index is 1.77. The lowest BCUT2D eigenvalue weighted by Gasteiger charge is -2.11. The Morgan fingerprint density at radius 1 is 1.22 bits per heavy atom. The summed E-state index contributed by atoms with van der Waals surface area (Å²) in [6.45, 7) is 0. The molecule has 0 spiro atoms. The molecule has 140 valence electrons. The number of nitrogens with one attached hydrogen (secondary N) is 1. The Labute approximate surface area is 155 Å². The van der Waals surface area contributed by atoms with Crippen LogP contribution in [0.4, 0.5) is 11.4 Å². The van der Waals surface area contributed by atoms with Crippen molar-refractivity contribution in [2.45, 2.75) is 12.3 Å². The van der Waals surface area contributed by atoms with Crippen LogP contribution in [0.25, 0.3) is 0 Å². The summed E-state index contributed by atoms with van der Waals surface area (Å²) in [4.78, 5) is 27.5. The van der Waals surface area contributed by atoms with E-state index in [1.807, 2.05) is 0 Å². The highest BCUT2D eigenvalue weighted by atomic mass is 16.5. The molecule has 1 amide bonds. The molecule has 0 radical (unpaired) electrons. The Morgan fingerprint density at radius 2 is 2.00 bits per heavy atom. The van der Waals surface area contributed by atoms with Crippen molar-refractivity contribution in [2.24, 2.45) is 22.4 Å². The summed E-state index contributed by atoms with van der Waals surface area (Å²) in [6.07, 6.45) is 0.592. The van der Waals surface area contributed by atoms with E-state index in [0.29, 0.717) is 29.1 Å². The van der Waals surface area contributed by atoms with Crippen molar-refractivity contribution in [3.8, 4) is 5.75 Å². The van der Waals surface area contributed by atoms with Crippen LogP contribution in [0.2, 0.25) is 0 Å². The zero-order chi connectivity index (χ0) is 19.6. The van der Waals surface area contributed by atoms with Gasteiger partial charge < -0.3 is 26.6 Å². The SMILES string of the molecule is COc1cc(NC(=O)c2cccc(N=C(N)N)c2)ccc1C1CC1C(=O)O. The maximum atomic E-state index is 12.5. The molecule has 0 aromatic heterocycles. The summed E-state index contributed by atoms with van der Waals surface area (Å²) in [5.74, 6) is -1.10. The predicted octanol–water partition coefficient (Wildman–Crippen LogP) is 2.04. The number of nitrogens with two attached hydrogens (primary N) is 2. The molecule has 1 fully saturated rings. The lowest BCUT2D eigenvalue weighted by molar-refractivity contribution is -0.138. The first-order chi connectivity index (χ1) is 12.9. The van der Waals surface area contributed by atoms with Crippen molar-refractivity contribution in [2.75, 3.05) is 12.4 Å². The molecular formula is C19H20N4O4. The molecular weight excluding hydrogens is 348 g/mol. The zero-order valence-corrected chi connectivity index (χ0v) is 14.7. The smallest absolute Gasteiger partial charge is 0.307 e. The third-order valence-electron chi connectivity index (χ3n) is 4.36. The number of carbonyl (C=O) groups excluding carboxylic acids is 1. The van der Waals surface area contributed by atoms with Gasteiger partial charge in [-0.3, -0.25) is 9.59 Å². The van der Waals surface area contributed by atoms with Crippen LogP contribution in [-0.4, -0.2) is 30.1 Å². The topological polar surface area (TPSA) is 140 Å².